The predicted molar refractivity (Wildman–Crippen MR) is 49.9 cm³/mol. The van der Waals surface area contributed by atoms with E-state index in [1.165, 1.54) is 0 Å². The zero-order chi connectivity index (χ0) is 11.4. The molecule has 0 aromatic carbocycles. The summed E-state index contributed by atoms with van der Waals surface area (Å²) in [5.41, 5.74) is -0.826. The van der Waals surface area contributed by atoms with Crippen LogP contribution in [0.1, 0.15) is 0 Å². The van der Waals surface area contributed by atoms with Crippen molar-refractivity contribution in [3.63, 3.8) is 0 Å². The second kappa shape index (κ2) is 5.25. The van der Waals surface area contributed by atoms with Crippen LogP contribution in [0.3, 0.4) is 0 Å². The number of hydrogen-bond acceptors (Lipinski definition) is 6. The van der Waals surface area contributed by atoms with Crippen molar-refractivity contribution in [3.05, 3.63) is 0 Å². The summed E-state index contributed by atoms with van der Waals surface area (Å²) in [5, 5.41) is 8.34. The number of nitrogens with zero attached hydrogens (tertiary/aromatic N) is 1. The van der Waals surface area contributed by atoms with Crippen LogP contribution in [0.15, 0.2) is 4.99 Å². The van der Waals surface area contributed by atoms with Crippen LogP contribution >= 0.6 is 15.5 Å². The molecule has 0 amide bonds. The maximum atomic E-state index is 10.7. The molecule has 0 aromatic rings. The van der Waals surface area contributed by atoms with Gasteiger partial charge in [0.15, 0.2) is 11.6 Å². The van der Waals surface area contributed by atoms with Gasteiger partial charge in [-0.05, 0) is 0 Å². The highest BCUT2D eigenvalue weighted by atomic mass is 31.2. The lowest BCUT2D eigenvalue weighted by Gasteiger charge is -2.08. The summed E-state index contributed by atoms with van der Waals surface area (Å²) in [6.45, 7) is -0.711. The fourth-order valence-electron chi connectivity index (χ4n) is 0.603. The fraction of sp³-hybridized carbons (Fsp3) is 0.750. The Hall–Kier alpha value is 0.0900. The molecule has 10 heteroatoms. The first kappa shape index (κ1) is 14.1. The highest BCUT2D eigenvalue weighted by Gasteiger charge is 2.39. The van der Waals surface area contributed by atoms with Gasteiger partial charge in [0.05, 0.1) is 13.2 Å². The summed E-state index contributed by atoms with van der Waals surface area (Å²) in [6.07, 6.45) is -0.989. The molecule has 0 radical (unpaired) electrons. The van der Waals surface area contributed by atoms with Crippen LogP contribution in [0, 0.1) is 0 Å². The largest absolute Gasteiger partial charge is 0.410 e. The number of rotatable bonds is 5. The first-order valence-corrected chi connectivity index (χ1v) is 6.88. The number of aliphatic hydroxyl groups excluding tert-OH is 1. The first-order chi connectivity index (χ1) is 6.17. The van der Waals surface area contributed by atoms with Crippen LogP contribution in [0.5, 0.6) is 0 Å². The lowest BCUT2D eigenvalue weighted by Crippen LogP contribution is -2.11. The Morgan fingerprint density at radius 3 is 2.07 bits per heavy atom. The van der Waals surface area contributed by atoms with Crippen molar-refractivity contribution in [3.8, 4) is 0 Å². The van der Waals surface area contributed by atoms with E-state index in [0.717, 1.165) is 0 Å². The van der Waals surface area contributed by atoms with Gasteiger partial charge >= 0.3 is 15.5 Å². The summed E-state index contributed by atoms with van der Waals surface area (Å²) >= 11 is 0. The molecule has 0 saturated carbocycles. The third-order valence-electron chi connectivity index (χ3n) is 1.08. The third-order valence-corrected chi connectivity index (χ3v) is 3.03. The van der Waals surface area contributed by atoms with E-state index in [0.29, 0.717) is 0 Å². The van der Waals surface area contributed by atoms with Crippen LogP contribution in [0.2, 0.25) is 0 Å². The molecule has 0 rings (SSSR count). The molecule has 8 nitrogen and oxygen atoms in total. The standard InChI is InChI=1S/C4H11NO7P2/c6-2-1-5-4(14(10,11)12)3-13(7,8)9/h6-9H,1-3H2,(H-,10,11,12)/p+1. The Bertz CT molecular complexity index is 253. The van der Waals surface area contributed by atoms with Gasteiger partial charge in [-0.15, -0.1) is 0 Å². The smallest absolute Gasteiger partial charge is 0.394 e. The lowest BCUT2D eigenvalue weighted by atomic mass is 10.7. The maximum absolute atomic E-state index is 10.7. The molecular formula is C4H12NO7P2+. The second-order valence-electron chi connectivity index (χ2n) is 2.42. The number of hydrogen-bond donors (Lipinski definition) is 6. The molecule has 0 unspecified atom stereocenters. The average Bonchev–Trinajstić information content (AvgIpc) is 1.93. The molecule has 14 heavy (non-hydrogen) atoms. The van der Waals surface area contributed by atoms with Gasteiger partial charge in [0.2, 0.25) is 0 Å². The zero-order valence-corrected chi connectivity index (χ0v) is 8.84. The van der Waals surface area contributed by atoms with E-state index in [4.69, 9.17) is 29.6 Å². The zero-order valence-electron chi connectivity index (χ0n) is 7.05. The molecular weight excluding hydrogens is 236 g/mol. The Morgan fingerprint density at radius 2 is 1.79 bits per heavy atom. The molecule has 0 aliphatic rings. The fourth-order valence-corrected chi connectivity index (χ4v) is 2.67. The van der Waals surface area contributed by atoms with E-state index in [9.17, 15) is 4.57 Å². The topological polar surface area (TPSA) is 151 Å². The summed E-state index contributed by atoms with van der Waals surface area (Å²) < 4.78 is 10.7. The number of aliphatic imine (C=N–C) groups is 1. The Kier molecular flexibility index (Phi) is 5.28. The van der Waals surface area contributed by atoms with Crippen LogP contribution in [-0.4, -0.2) is 54.3 Å². The van der Waals surface area contributed by atoms with Crippen molar-refractivity contribution in [1.82, 2.24) is 0 Å². The second-order valence-corrected chi connectivity index (χ2v) is 5.72. The van der Waals surface area contributed by atoms with Crippen molar-refractivity contribution in [2.45, 2.75) is 0 Å². The molecule has 0 aromatic heterocycles. The minimum atomic E-state index is -4.72. The van der Waals surface area contributed by atoms with E-state index in [2.05, 4.69) is 4.99 Å². The molecule has 0 atom stereocenters. The lowest BCUT2D eigenvalue weighted by molar-refractivity contribution is 0.306. The Labute approximate surface area is 80.3 Å². The molecule has 84 valence electrons. The summed E-state index contributed by atoms with van der Waals surface area (Å²) in [6, 6.07) is 0. The van der Waals surface area contributed by atoms with Crippen LogP contribution in [0.25, 0.3) is 0 Å². The van der Waals surface area contributed by atoms with Crippen LogP contribution < -0.4 is 0 Å². The van der Waals surface area contributed by atoms with Crippen molar-refractivity contribution in [1.29, 1.82) is 0 Å². The molecule has 0 fully saturated rings. The SMILES string of the molecule is O=P(O)(O)C(C[P+](O)(O)O)=NCCO. The minimum absolute atomic E-state index is 0.277. The van der Waals surface area contributed by atoms with E-state index >= 15 is 0 Å². The van der Waals surface area contributed by atoms with Gasteiger partial charge in [-0.3, -0.25) is 9.56 Å². The van der Waals surface area contributed by atoms with Crippen LogP contribution in [0.4, 0.5) is 0 Å². The molecule has 0 spiro atoms. The summed E-state index contributed by atoms with van der Waals surface area (Å²) in [5.74, 6) is 0. The van der Waals surface area contributed by atoms with E-state index in [-0.39, 0.29) is 6.54 Å². The van der Waals surface area contributed by atoms with E-state index < -0.39 is 33.8 Å². The Balaban J connectivity index is 4.68. The van der Waals surface area contributed by atoms with E-state index in [1.54, 1.807) is 0 Å². The van der Waals surface area contributed by atoms with Crippen molar-refractivity contribution >= 4 is 21.0 Å². The van der Waals surface area contributed by atoms with Crippen LogP contribution in [-0.2, 0) is 4.57 Å². The molecule has 0 heterocycles. The van der Waals surface area contributed by atoms with Crippen molar-refractivity contribution in [2.75, 3.05) is 19.3 Å². The molecule has 0 saturated heterocycles. The highest BCUT2D eigenvalue weighted by Crippen LogP contribution is 2.50. The Morgan fingerprint density at radius 1 is 1.29 bits per heavy atom. The van der Waals surface area contributed by atoms with Gasteiger partial charge < -0.3 is 14.9 Å². The maximum Gasteiger partial charge on any atom is 0.410 e. The highest BCUT2D eigenvalue weighted by molar-refractivity contribution is 7.74. The molecule has 0 bridgehead atoms. The van der Waals surface area contributed by atoms with Gasteiger partial charge in [-0.1, -0.05) is 0 Å². The normalized spacial score (nSPS) is 14.6. The minimum Gasteiger partial charge on any atom is -0.394 e. The van der Waals surface area contributed by atoms with Gasteiger partial charge in [0.25, 0.3) is 0 Å². The first-order valence-electron chi connectivity index (χ1n) is 3.43. The quantitative estimate of drug-likeness (QED) is 0.250. The van der Waals surface area contributed by atoms with Gasteiger partial charge in [0.1, 0.15) is 0 Å². The molecule has 0 aliphatic carbocycles. The number of aliphatic hydroxyl groups is 1. The monoisotopic (exact) mass is 248 g/mol. The summed E-state index contributed by atoms with van der Waals surface area (Å²) in [4.78, 5) is 46.3. The van der Waals surface area contributed by atoms with Gasteiger partial charge in [-0.2, -0.15) is 14.7 Å². The van der Waals surface area contributed by atoms with Crippen molar-refractivity contribution in [2.24, 2.45) is 4.99 Å². The third kappa shape index (κ3) is 6.53. The van der Waals surface area contributed by atoms with E-state index in [1.807, 2.05) is 0 Å². The van der Waals surface area contributed by atoms with Crippen molar-refractivity contribution < 1.29 is 34.1 Å². The predicted octanol–water partition coefficient (Wildman–Crippen LogP) is -1.71. The molecule has 0 aliphatic heterocycles. The van der Waals surface area contributed by atoms with Gasteiger partial charge in [0, 0.05) is 0 Å². The van der Waals surface area contributed by atoms with Gasteiger partial charge in [-0.25, -0.2) is 0 Å². The summed E-state index contributed by atoms with van der Waals surface area (Å²) in [7, 11) is -9.03. The molecule has 6 N–H and O–H groups in total. The average molecular weight is 248 g/mol.